The Kier molecular flexibility index (Phi) is 9.43. The van der Waals surface area contributed by atoms with Crippen molar-refractivity contribution in [3.63, 3.8) is 0 Å². The summed E-state index contributed by atoms with van der Waals surface area (Å²) in [6.07, 6.45) is 1.27. The Bertz CT molecular complexity index is 1290. The van der Waals surface area contributed by atoms with Crippen LogP contribution >= 0.6 is 23.2 Å². The Hall–Kier alpha value is -2.59. The Morgan fingerprint density at radius 1 is 1.07 bits per heavy atom. The number of carboxylic acid groups (broad SMARTS) is 1. The van der Waals surface area contributed by atoms with Crippen molar-refractivity contribution < 1.29 is 32.7 Å². The van der Waals surface area contributed by atoms with Gasteiger partial charge in [-0.25, -0.2) is 0 Å². The van der Waals surface area contributed by atoms with Gasteiger partial charge in [-0.2, -0.15) is 18.3 Å². The predicted octanol–water partition coefficient (Wildman–Crippen LogP) is 7.63. The van der Waals surface area contributed by atoms with Gasteiger partial charge in [-0.05, 0) is 68.6 Å². The van der Waals surface area contributed by atoms with Crippen LogP contribution in [0.4, 0.5) is 13.2 Å². The van der Waals surface area contributed by atoms with Crippen LogP contribution in [0.5, 0.6) is 0 Å². The van der Waals surface area contributed by atoms with Crippen LogP contribution in [0, 0.1) is 18.3 Å². The summed E-state index contributed by atoms with van der Waals surface area (Å²) in [5.41, 5.74) is -1.44. The second kappa shape index (κ2) is 12.3. The summed E-state index contributed by atoms with van der Waals surface area (Å²) in [7, 11) is 0. The Balaban J connectivity index is 1.69. The number of carboxylic acids is 1. The molecule has 1 amide bonds. The first kappa shape index (κ1) is 31.3. The molecule has 0 bridgehead atoms. The number of Topliss-reactive ketones (excluding diaryl/α,β-unsaturated/α-hetero) is 1. The molecule has 1 aromatic heterocycles. The number of aryl methyl sites for hydroxylation is 1. The van der Waals surface area contributed by atoms with E-state index in [1.54, 1.807) is 19.1 Å². The highest BCUT2D eigenvalue weighted by molar-refractivity contribution is 6.40. The number of amides is 1. The van der Waals surface area contributed by atoms with Crippen LogP contribution in [0.2, 0.25) is 10.0 Å². The molecule has 2 saturated carbocycles. The van der Waals surface area contributed by atoms with Gasteiger partial charge < -0.3 is 10.0 Å². The van der Waals surface area contributed by atoms with Crippen molar-refractivity contribution in [2.24, 2.45) is 11.3 Å². The van der Waals surface area contributed by atoms with E-state index in [0.717, 1.165) is 48.5 Å². The van der Waals surface area contributed by atoms with E-state index >= 15 is 0 Å². The first-order chi connectivity index (χ1) is 19.2. The van der Waals surface area contributed by atoms with E-state index in [4.69, 9.17) is 23.2 Å². The third kappa shape index (κ3) is 7.08. The van der Waals surface area contributed by atoms with Crippen LogP contribution < -0.4 is 0 Å². The molecule has 1 heterocycles. The lowest BCUT2D eigenvalue weighted by molar-refractivity contribution is -0.147. The molecule has 0 unspecified atom stereocenters. The first-order valence-corrected chi connectivity index (χ1v) is 14.6. The largest absolute Gasteiger partial charge is 0.481 e. The second-order valence-electron chi connectivity index (χ2n) is 11.8. The topological polar surface area (TPSA) is 92.5 Å². The monoisotopic (exact) mass is 615 g/mol. The van der Waals surface area contributed by atoms with Gasteiger partial charge in [0.05, 0.1) is 45.9 Å². The minimum absolute atomic E-state index is 0.0208. The Labute approximate surface area is 247 Å². The Morgan fingerprint density at radius 3 is 2.20 bits per heavy atom. The van der Waals surface area contributed by atoms with Crippen molar-refractivity contribution in [1.29, 1.82) is 0 Å². The molecular weight excluding hydrogens is 582 g/mol. The van der Waals surface area contributed by atoms with E-state index in [-0.39, 0.29) is 53.3 Å². The van der Waals surface area contributed by atoms with Gasteiger partial charge in [0.2, 0.25) is 0 Å². The average Bonchev–Trinajstić information content (AvgIpc) is 3.34. The van der Waals surface area contributed by atoms with Crippen LogP contribution in [0.15, 0.2) is 18.3 Å². The minimum Gasteiger partial charge on any atom is -0.481 e. The number of hydrogen-bond donors (Lipinski definition) is 1. The summed E-state index contributed by atoms with van der Waals surface area (Å²) in [5, 5.41) is 13.5. The third-order valence-corrected chi connectivity index (χ3v) is 9.00. The molecule has 0 radical (unpaired) electrons. The van der Waals surface area contributed by atoms with E-state index in [1.165, 1.54) is 4.90 Å². The summed E-state index contributed by atoms with van der Waals surface area (Å²) in [6, 6.07) is 2.44. The van der Waals surface area contributed by atoms with Crippen LogP contribution in [0.3, 0.4) is 0 Å². The summed E-state index contributed by atoms with van der Waals surface area (Å²) in [6.45, 7) is 3.34. The molecule has 12 heteroatoms. The lowest BCUT2D eigenvalue weighted by atomic mass is 9.75. The van der Waals surface area contributed by atoms with Gasteiger partial charge in [0, 0.05) is 6.54 Å². The highest BCUT2D eigenvalue weighted by Crippen LogP contribution is 2.41. The molecular formula is C29H34Cl2F3N3O4. The number of aromatic nitrogens is 2. The zero-order valence-electron chi connectivity index (χ0n) is 23.1. The molecule has 7 nitrogen and oxygen atoms in total. The van der Waals surface area contributed by atoms with Crippen LogP contribution in [0.25, 0.3) is 0 Å². The highest BCUT2D eigenvalue weighted by Gasteiger charge is 2.44. The van der Waals surface area contributed by atoms with E-state index in [9.17, 15) is 32.7 Å². The van der Waals surface area contributed by atoms with Crippen LogP contribution in [0.1, 0.15) is 103 Å². The molecule has 0 atom stereocenters. The molecule has 2 aliphatic carbocycles. The van der Waals surface area contributed by atoms with Crippen LogP contribution in [-0.4, -0.2) is 50.5 Å². The number of ketones is 1. The van der Waals surface area contributed by atoms with Gasteiger partial charge >= 0.3 is 12.1 Å². The van der Waals surface area contributed by atoms with Crippen molar-refractivity contribution in [2.75, 3.05) is 13.1 Å². The average molecular weight is 617 g/mol. The number of halogens is 5. The number of carbonyl (C=O) groups excluding carboxylic acids is 2. The van der Waals surface area contributed by atoms with Gasteiger partial charge in [-0.3, -0.25) is 19.1 Å². The van der Waals surface area contributed by atoms with Gasteiger partial charge in [-0.15, -0.1) is 0 Å². The summed E-state index contributed by atoms with van der Waals surface area (Å²) >= 11 is 12.7. The molecule has 0 saturated heterocycles. The fraction of sp³-hybridized carbons (Fsp3) is 0.586. The van der Waals surface area contributed by atoms with Crippen molar-refractivity contribution >= 4 is 40.9 Å². The fourth-order valence-electron chi connectivity index (χ4n) is 6.26. The number of hydrogen-bond acceptors (Lipinski definition) is 4. The Morgan fingerprint density at radius 2 is 1.66 bits per heavy atom. The molecule has 2 aliphatic rings. The SMILES string of the molecule is Cc1cc(Cl)c(C(=O)CN(CC2(C)CCCCC2)C(=O)c2cnn(C3CCC(C(=O)O)CC3)c2C(F)(F)F)c(Cl)c1. The van der Waals surface area contributed by atoms with Gasteiger partial charge in [-0.1, -0.05) is 49.4 Å². The van der Waals surface area contributed by atoms with Gasteiger partial charge in [0.1, 0.15) is 0 Å². The molecule has 0 aliphatic heterocycles. The van der Waals surface area contributed by atoms with Gasteiger partial charge in [0.25, 0.3) is 5.91 Å². The number of aliphatic carboxylic acids is 1. The van der Waals surface area contributed by atoms with Crippen LogP contribution in [-0.2, 0) is 11.0 Å². The molecule has 2 fully saturated rings. The quantitative estimate of drug-likeness (QED) is 0.308. The number of carbonyl (C=O) groups is 3. The van der Waals surface area contributed by atoms with E-state index in [0.29, 0.717) is 0 Å². The van der Waals surface area contributed by atoms with Crippen molar-refractivity contribution in [3.8, 4) is 0 Å². The first-order valence-electron chi connectivity index (χ1n) is 13.9. The summed E-state index contributed by atoms with van der Waals surface area (Å²) in [4.78, 5) is 39.9. The molecule has 4 rings (SSSR count). The zero-order valence-corrected chi connectivity index (χ0v) is 24.6. The summed E-state index contributed by atoms with van der Waals surface area (Å²) < 4.78 is 44.3. The van der Waals surface area contributed by atoms with Crippen molar-refractivity contribution in [1.82, 2.24) is 14.7 Å². The lowest BCUT2D eigenvalue weighted by Crippen LogP contribution is -2.44. The fourth-order valence-corrected chi connectivity index (χ4v) is 7.07. The predicted molar refractivity (Wildman–Crippen MR) is 148 cm³/mol. The maximum Gasteiger partial charge on any atom is 0.433 e. The number of benzene rings is 1. The second-order valence-corrected chi connectivity index (χ2v) is 12.6. The molecule has 0 spiro atoms. The maximum absolute atomic E-state index is 14.5. The molecule has 1 N–H and O–H groups in total. The number of rotatable bonds is 8. The van der Waals surface area contributed by atoms with E-state index < -0.39 is 53.6 Å². The number of nitrogens with zero attached hydrogens (tertiary/aromatic N) is 3. The summed E-state index contributed by atoms with van der Waals surface area (Å²) in [5.74, 6) is -3.10. The van der Waals surface area contributed by atoms with E-state index in [2.05, 4.69) is 5.10 Å². The standard InChI is InChI=1S/C29H34Cl2F3N3O4/c1-17-12-21(30)24(22(31)13-17)23(38)15-36(16-28(2)10-4-3-5-11-28)26(39)20-14-35-37(25(20)29(32,33)34)19-8-6-18(7-9-19)27(40)41/h12-14,18-19H,3-11,15-16H2,1-2H3,(H,40,41). The molecule has 2 aromatic rings. The van der Waals surface area contributed by atoms with Crippen molar-refractivity contribution in [2.45, 2.75) is 83.9 Å². The zero-order chi connectivity index (χ0) is 30.1. The third-order valence-electron chi connectivity index (χ3n) is 8.41. The molecule has 224 valence electrons. The number of alkyl halides is 3. The highest BCUT2D eigenvalue weighted by atomic mass is 35.5. The normalized spacial score (nSPS) is 21.0. The smallest absolute Gasteiger partial charge is 0.433 e. The van der Waals surface area contributed by atoms with E-state index in [1.807, 2.05) is 6.92 Å². The molecule has 41 heavy (non-hydrogen) atoms. The van der Waals surface area contributed by atoms with Gasteiger partial charge in [0.15, 0.2) is 11.5 Å². The lowest BCUT2D eigenvalue weighted by Gasteiger charge is -2.38. The van der Waals surface area contributed by atoms with Crippen molar-refractivity contribution in [3.05, 3.63) is 50.8 Å². The molecule has 1 aromatic carbocycles. The maximum atomic E-state index is 14.5. The minimum atomic E-state index is -4.90.